The third kappa shape index (κ3) is 4.97. The second-order valence-corrected chi connectivity index (χ2v) is 9.60. The highest BCUT2D eigenvalue weighted by atomic mass is 16.2. The minimum absolute atomic E-state index is 0.117. The molecule has 166 valence electrons. The molecule has 3 rings (SSSR count). The summed E-state index contributed by atoms with van der Waals surface area (Å²) in [5, 5.41) is 0. The second kappa shape index (κ2) is 9.21. The Balaban J connectivity index is 1.93. The van der Waals surface area contributed by atoms with Crippen LogP contribution in [0, 0.1) is 10.8 Å². The number of carbonyl (C=O) groups excluding carboxylic acids is 2. The maximum Gasteiger partial charge on any atom is 0.230 e. The Morgan fingerprint density at radius 3 is 2.42 bits per heavy atom. The Kier molecular flexibility index (Phi) is 6.83. The molecule has 2 aromatic rings. The average molecular weight is 422 g/mol. The van der Waals surface area contributed by atoms with E-state index in [1.165, 1.54) is 0 Å². The Bertz CT molecular complexity index is 916. The Morgan fingerprint density at radius 2 is 1.81 bits per heavy atom. The van der Waals surface area contributed by atoms with Gasteiger partial charge in [-0.05, 0) is 49.4 Å². The maximum absolute atomic E-state index is 13.7. The predicted molar refractivity (Wildman–Crippen MR) is 124 cm³/mol. The van der Waals surface area contributed by atoms with Crippen LogP contribution in [0.2, 0.25) is 0 Å². The SMILES string of the molecule is CCN(CC)C(=O)[C@]1(Cc2cccc(-c3cccnc3)c2)CCN(C(=O)C(C)(C)C)C1. The minimum Gasteiger partial charge on any atom is -0.343 e. The number of aromatic nitrogens is 1. The van der Waals surface area contributed by atoms with Gasteiger partial charge in [-0.1, -0.05) is 51.1 Å². The summed E-state index contributed by atoms with van der Waals surface area (Å²) in [7, 11) is 0. The second-order valence-electron chi connectivity index (χ2n) is 9.60. The van der Waals surface area contributed by atoms with Crippen LogP contribution in [0.15, 0.2) is 48.8 Å². The smallest absolute Gasteiger partial charge is 0.230 e. The number of rotatable bonds is 6. The zero-order valence-electron chi connectivity index (χ0n) is 19.5. The lowest BCUT2D eigenvalue weighted by molar-refractivity contribution is -0.143. The number of carbonyl (C=O) groups is 2. The zero-order valence-corrected chi connectivity index (χ0v) is 19.5. The number of hydrogen-bond acceptors (Lipinski definition) is 3. The van der Waals surface area contributed by atoms with Crippen molar-refractivity contribution in [1.29, 1.82) is 0 Å². The molecule has 2 amide bonds. The van der Waals surface area contributed by atoms with E-state index < -0.39 is 10.8 Å². The molecular weight excluding hydrogens is 386 g/mol. The Hall–Kier alpha value is -2.69. The van der Waals surface area contributed by atoms with Gasteiger partial charge in [0.2, 0.25) is 11.8 Å². The van der Waals surface area contributed by atoms with Crippen LogP contribution >= 0.6 is 0 Å². The van der Waals surface area contributed by atoms with Crippen molar-refractivity contribution in [3.63, 3.8) is 0 Å². The molecule has 1 atom stereocenters. The number of amides is 2. The van der Waals surface area contributed by atoms with Gasteiger partial charge >= 0.3 is 0 Å². The van der Waals surface area contributed by atoms with E-state index in [1.807, 2.05) is 68.8 Å². The van der Waals surface area contributed by atoms with Crippen molar-refractivity contribution in [2.45, 2.75) is 47.5 Å². The van der Waals surface area contributed by atoms with Crippen molar-refractivity contribution < 1.29 is 9.59 Å². The molecule has 1 aliphatic rings. The third-order valence-electron chi connectivity index (χ3n) is 6.25. The first kappa shape index (κ1) is 23.0. The van der Waals surface area contributed by atoms with Crippen LogP contribution < -0.4 is 0 Å². The fraction of sp³-hybridized carbons (Fsp3) is 0.500. The van der Waals surface area contributed by atoms with Crippen LogP contribution in [0.4, 0.5) is 0 Å². The molecule has 1 saturated heterocycles. The first-order valence-corrected chi connectivity index (χ1v) is 11.3. The van der Waals surface area contributed by atoms with Crippen molar-refractivity contribution in [3.05, 3.63) is 54.4 Å². The zero-order chi connectivity index (χ0) is 22.6. The molecule has 0 unspecified atom stereocenters. The molecule has 5 nitrogen and oxygen atoms in total. The van der Waals surface area contributed by atoms with Crippen molar-refractivity contribution >= 4 is 11.8 Å². The summed E-state index contributed by atoms with van der Waals surface area (Å²) in [4.78, 5) is 34.7. The number of benzene rings is 1. The largest absolute Gasteiger partial charge is 0.343 e. The summed E-state index contributed by atoms with van der Waals surface area (Å²) in [5.41, 5.74) is 2.24. The number of likely N-dealkylation sites (tertiary alicyclic amines) is 1. The first-order valence-electron chi connectivity index (χ1n) is 11.3. The highest BCUT2D eigenvalue weighted by Gasteiger charge is 2.48. The van der Waals surface area contributed by atoms with Gasteiger partial charge in [-0.2, -0.15) is 0 Å². The number of hydrogen-bond donors (Lipinski definition) is 0. The van der Waals surface area contributed by atoms with E-state index in [0.717, 1.165) is 16.7 Å². The lowest BCUT2D eigenvalue weighted by Crippen LogP contribution is -2.48. The third-order valence-corrected chi connectivity index (χ3v) is 6.25. The van der Waals surface area contributed by atoms with E-state index >= 15 is 0 Å². The topological polar surface area (TPSA) is 53.5 Å². The molecule has 0 N–H and O–H groups in total. The summed E-state index contributed by atoms with van der Waals surface area (Å²) in [6, 6.07) is 12.3. The Labute approximate surface area is 186 Å². The van der Waals surface area contributed by atoms with E-state index in [9.17, 15) is 9.59 Å². The molecule has 2 heterocycles. The lowest BCUT2D eigenvalue weighted by Gasteiger charge is -2.34. The molecule has 5 heteroatoms. The van der Waals surface area contributed by atoms with Crippen LogP contribution in [-0.4, -0.2) is 52.8 Å². The molecule has 31 heavy (non-hydrogen) atoms. The standard InChI is InChI=1S/C26H35N3O2/c1-6-28(7-2)24(31)26(13-15-29(19-26)23(30)25(3,4)5)17-20-10-8-11-21(16-20)22-12-9-14-27-18-22/h8-12,14,16,18H,6-7,13,15,17,19H2,1-5H3/t26-/m0/s1. The molecular formula is C26H35N3O2. The predicted octanol–water partition coefficient (Wildman–Crippen LogP) is 4.42. The maximum atomic E-state index is 13.7. The number of pyridine rings is 1. The molecule has 0 aliphatic carbocycles. The molecule has 0 spiro atoms. The highest BCUT2D eigenvalue weighted by Crippen LogP contribution is 2.38. The van der Waals surface area contributed by atoms with E-state index in [0.29, 0.717) is 39.0 Å². The highest BCUT2D eigenvalue weighted by molar-refractivity contribution is 5.87. The van der Waals surface area contributed by atoms with Crippen LogP contribution in [-0.2, 0) is 16.0 Å². The first-order chi connectivity index (χ1) is 14.7. The number of nitrogens with zero attached hydrogens (tertiary/aromatic N) is 3. The van der Waals surface area contributed by atoms with E-state index in [-0.39, 0.29) is 11.8 Å². The van der Waals surface area contributed by atoms with Gasteiger partial charge in [0.05, 0.1) is 5.41 Å². The van der Waals surface area contributed by atoms with Crippen molar-refractivity contribution in [3.8, 4) is 11.1 Å². The van der Waals surface area contributed by atoms with Crippen molar-refractivity contribution in [1.82, 2.24) is 14.8 Å². The molecule has 1 fully saturated rings. The average Bonchev–Trinajstić information content (AvgIpc) is 3.19. The summed E-state index contributed by atoms with van der Waals surface area (Å²) in [6.07, 6.45) is 4.95. The molecule has 0 saturated carbocycles. The quantitative estimate of drug-likeness (QED) is 0.694. The molecule has 0 bridgehead atoms. The van der Waals surface area contributed by atoms with E-state index in [1.54, 1.807) is 6.20 Å². The van der Waals surface area contributed by atoms with Gasteiger partial charge in [0.25, 0.3) is 0 Å². The van der Waals surface area contributed by atoms with E-state index in [2.05, 4.69) is 23.2 Å². The minimum atomic E-state index is -0.583. The fourth-order valence-corrected chi connectivity index (χ4v) is 4.55. The fourth-order valence-electron chi connectivity index (χ4n) is 4.55. The van der Waals surface area contributed by atoms with Gasteiger partial charge in [0.15, 0.2) is 0 Å². The van der Waals surface area contributed by atoms with E-state index in [4.69, 9.17) is 0 Å². The lowest BCUT2D eigenvalue weighted by atomic mass is 9.78. The normalized spacial score (nSPS) is 18.8. The molecule has 0 radical (unpaired) electrons. The summed E-state index contributed by atoms with van der Waals surface area (Å²) in [5.74, 6) is 0.277. The van der Waals surface area contributed by atoms with Crippen LogP contribution in [0.25, 0.3) is 11.1 Å². The van der Waals surface area contributed by atoms with Gasteiger partial charge in [-0.25, -0.2) is 0 Å². The van der Waals surface area contributed by atoms with Crippen LogP contribution in [0.5, 0.6) is 0 Å². The van der Waals surface area contributed by atoms with Crippen LogP contribution in [0.1, 0.15) is 46.6 Å². The van der Waals surface area contributed by atoms with Crippen molar-refractivity contribution in [2.75, 3.05) is 26.2 Å². The van der Waals surface area contributed by atoms with Gasteiger partial charge in [-0.15, -0.1) is 0 Å². The molecule has 1 aromatic carbocycles. The Morgan fingerprint density at radius 1 is 1.10 bits per heavy atom. The summed E-state index contributed by atoms with van der Waals surface area (Å²) in [6.45, 7) is 12.3. The van der Waals surface area contributed by atoms with Gasteiger partial charge in [0, 0.05) is 44.0 Å². The van der Waals surface area contributed by atoms with Crippen LogP contribution in [0.3, 0.4) is 0 Å². The summed E-state index contributed by atoms with van der Waals surface area (Å²) >= 11 is 0. The van der Waals surface area contributed by atoms with Gasteiger partial charge < -0.3 is 9.80 Å². The van der Waals surface area contributed by atoms with Gasteiger partial charge in [0.1, 0.15) is 0 Å². The van der Waals surface area contributed by atoms with Crippen molar-refractivity contribution in [2.24, 2.45) is 10.8 Å². The summed E-state index contributed by atoms with van der Waals surface area (Å²) < 4.78 is 0. The molecule has 1 aromatic heterocycles. The monoisotopic (exact) mass is 421 g/mol. The van der Waals surface area contributed by atoms with Gasteiger partial charge in [-0.3, -0.25) is 14.6 Å². The molecule has 1 aliphatic heterocycles.